The average molecular weight is 442 g/mol. The normalized spacial score (nSPS) is 11.4. The second-order valence-corrected chi connectivity index (χ2v) is 7.01. The lowest BCUT2D eigenvalue weighted by atomic mass is 10.0. The van der Waals surface area contributed by atoms with Crippen LogP contribution in [0, 0.1) is 0 Å². The smallest absolute Gasteiger partial charge is 0.307 e. The lowest BCUT2D eigenvalue weighted by molar-refractivity contribution is -0.141. The summed E-state index contributed by atoms with van der Waals surface area (Å²) in [6, 6.07) is 16.8. The number of amides is 2. The number of ether oxygens (including phenoxy) is 1. The van der Waals surface area contributed by atoms with Gasteiger partial charge in [-0.3, -0.25) is 14.4 Å². The minimum Gasteiger partial charge on any atom is -0.469 e. The molecule has 0 saturated carbocycles. The molecular formula is C22H20ClN3O5. The van der Waals surface area contributed by atoms with Crippen LogP contribution in [-0.4, -0.2) is 36.6 Å². The van der Waals surface area contributed by atoms with Gasteiger partial charge in [-0.05, 0) is 17.7 Å². The molecule has 8 nitrogen and oxygen atoms in total. The molecule has 0 aliphatic rings. The summed E-state index contributed by atoms with van der Waals surface area (Å²) in [5, 5.41) is 9.47. The predicted molar refractivity (Wildman–Crippen MR) is 113 cm³/mol. The first-order valence-corrected chi connectivity index (χ1v) is 9.76. The van der Waals surface area contributed by atoms with E-state index in [9.17, 15) is 14.4 Å². The highest BCUT2D eigenvalue weighted by atomic mass is 35.5. The van der Waals surface area contributed by atoms with Crippen molar-refractivity contribution in [3.8, 4) is 11.3 Å². The number of halogens is 1. The number of hydrogen-bond donors (Lipinski definition) is 2. The summed E-state index contributed by atoms with van der Waals surface area (Å²) in [7, 11) is 1.27. The van der Waals surface area contributed by atoms with E-state index in [0.29, 0.717) is 16.3 Å². The van der Waals surface area contributed by atoms with Crippen LogP contribution >= 0.6 is 11.6 Å². The highest BCUT2D eigenvalue weighted by molar-refractivity contribution is 6.30. The zero-order chi connectivity index (χ0) is 22.2. The van der Waals surface area contributed by atoms with E-state index >= 15 is 0 Å². The van der Waals surface area contributed by atoms with Crippen molar-refractivity contribution in [1.29, 1.82) is 0 Å². The standard InChI is InChI=1S/C22H20ClN3O5/c1-30-21(28)12-17(14-7-9-16(23)10-8-14)25-20(27)13-24-22(29)18-11-19(31-26-18)15-5-3-2-4-6-15/h2-11,17H,12-13H2,1H3,(H,24,29)(H,25,27). The van der Waals surface area contributed by atoms with Gasteiger partial charge in [0.15, 0.2) is 11.5 Å². The maximum atomic E-state index is 12.4. The zero-order valence-electron chi connectivity index (χ0n) is 16.6. The molecule has 3 rings (SSSR count). The number of carbonyl (C=O) groups excluding carboxylic acids is 3. The fourth-order valence-electron chi connectivity index (χ4n) is 2.81. The van der Waals surface area contributed by atoms with Gasteiger partial charge in [0.2, 0.25) is 5.91 Å². The number of hydrogen-bond acceptors (Lipinski definition) is 6. The fraction of sp³-hybridized carbons (Fsp3) is 0.182. The van der Waals surface area contributed by atoms with E-state index in [1.54, 1.807) is 24.3 Å². The molecule has 31 heavy (non-hydrogen) atoms. The minimum atomic E-state index is -0.633. The first-order chi connectivity index (χ1) is 15.0. The van der Waals surface area contributed by atoms with Crippen molar-refractivity contribution < 1.29 is 23.6 Å². The first kappa shape index (κ1) is 22.0. The van der Waals surface area contributed by atoms with Crippen LogP contribution in [0.25, 0.3) is 11.3 Å². The van der Waals surface area contributed by atoms with Gasteiger partial charge in [0, 0.05) is 16.7 Å². The summed E-state index contributed by atoms with van der Waals surface area (Å²) in [6.07, 6.45) is -0.0679. The van der Waals surface area contributed by atoms with E-state index in [-0.39, 0.29) is 18.7 Å². The molecule has 0 aliphatic heterocycles. The number of nitrogens with zero attached hydrogens (tertiary/aromatic N) is 1. The molecule has 0 bridgehead atoms. The molecule has 0 aliphatic carbocycles. The summed E-state index contributed by atoms with van der Waals surface area (Å²) < 4.78 is 9.89. The number of nitrogens with one attached hydrogen (secondary N) is 2. The number of esters is 1. The molecule has 1 heterocycles. The number of methoxy groups -OCH3 is 1. The van der Waals surface area contributed by atoms with Gasteiger partial charge in [0.25, 0.3) is 5.91 Å². The predicted octanol–water partition coefficient (Wildman–Crippen LogP) is 3.15. The quantitative estimate of drug-likeness (QED) is 0.519. The van der Waals surface area contributed by atoms with Gasteiger partial charge in [-0.1, -0.05) is 59.2 Å². The number of carbonyl (C=O) groups is 3. The topological polar surface area (TPSA) is 111 Å². The van der Waals surface area contributed by atoms with Crippen LogP contribution in [0.3, 0.4) is 0 Å². The molecule has 3 aromatic rings. The number of rotatable bonds is 8. The third-order valence-corrected chi connectivity index (χ3v) is 4.67. The van der Waals surface area contributed by atoms with Crippen molar-refractivity contribution in [2.45, 2.75) is 12.5 Å². The van der Waals surface area contributed by atoms with Crippen molar-refractivity contribution >= 4 is 29.4 Å². The molecule has 2 amide bonds. The summed E-state index contributed by atoms with van der Waals surface area (Å²) in [5.41, 5.74) is 1.51. The van der Waals surface area contributed by atoms with Crippen molar-refractivity contribution in [1.82, 2.24) is 15.8 Å². The van der Waals surface area contributed by atoms with Crippen LogP contribution in [0.1, 0.15) is 28.5 Å². The van der Waals surface area contributed by atoms with Gasteiger partial charge >= 0.3 is 5.97 Å². The largest absolute Gasteiger partial charge is 0.469 e. The Hall–Kier alpha value is -3.65. The highest BCUT2D eigenvalue weighted by Gasteiger charge is 2.20. The molecular weight excluding hydrogens is 422 g/mol. The Bertz CT molecular complexity index is 1050. The number of aromatic nitrogens is 1. The Morgan fingerprint density at radius 1 is 1.10 bits per heavy atom. The molecule has 0 fully saturated rings. The van der Waals surface area contributed by atoms with E-state index in [1.807, 2.05) is 30.3 Å². The van der Waals surface area contributed by atoms with Crippen LogP contribution in [0.15, 0.2) is 65.2 Å². The highest BCUT2D eigenvalue weighted by Crippen LogP contribution is 2.21. The Kier molecular flexibility index (Phi) is 7.40. The summed E-state index contributed by atoms with van der Waals surface area (Å²) >= 11 is 5.90. The minimum absolute atomic E-state index is 0.0514. The van der Waals surface area contributed by atoms with Crippen molar-refractivity contribution in [2.75, 3.05) is 13.7 Å². The van der Waals surface area contributed by atoms with Crippen LogP contribution in [0.2, 0.25) is 5.02 Å². The van der Waals surface area contributed by atoms with Crippen molar-refractivity contribution in [3.63, 3.8) is 0 Å². The molecule has 0 spiro atoms. The zero-order valence-corrected chi connectivity index (χ0v) is 17.4. The molecule has 160 valence electrons. The van der Waals surface area contributed by atoms with Crippen LogP contribution in [-0.2, 0) is 14.3 Å². The Morgan fingerprint density at radius 2 is 1.81 bits per heavy atom. The van der Waals surface area contributed by atoms with E-state index in [2.05, 4.69) is 15.8 Å². The molecule has 1 aromatic heterocycles. The third kappa shape index (κ3) is 6.16. The van der Waals surface area contributed by atoms with Gasteiger partial charge in [-0.2, -0.15) is 0 Å². The summed E-state index contributed by atoms with van der Waals surface area (Å²) in [6.45, 7) is -0.308. The maximum Gasteiger partial charge on any atom is 0.307 e. The van der Waals surface area contributed by atoms with Crippen LogP contribution in [0.5, 0.6) is 0 Å². The molecule has 9 heteroatoms. The third-order valence-electron chi connectivity index (χ3n) is 4.42. The van der Waals surface area contributed by atoms with E-state index in [1.165, 1.54) is 13.2 Å². The second-order valence-electron chi connectivity index (χ2n) is 6.58. The Morgan fingerprint density at radius 3 is 2.48 bits per heavy atom. The van der Waals surface area contributed by atoms with Crippen molar-refractivity contribution in [2.24, 2.45) is 0 Å². The molecule has 1 atom stereocenters. The second kappa shape index (κ2) is 10.4. The summed E-state index contributed by atoms with van der Waals surface area (Å²) in [4.78, 5) is 36.4. The van der Waals surface area contributed by atoms with Gasteiger partial charge in [0.05, 0.1) is 26.1 Å². The van der Waals surface area contributed by atoms with E-state index in [0.717, 1.165) is 5.56 Å². The van der Waals surface area contributed by atoms with Gasteiger partial charge in [-0.25, -0.2) is 0 Å². The molecule has 2 aromatic carbocycles. The Labute approximate surface area is 183 Å². The molecule has 0 radical (unpaired) electrons. The lowest BCUT2D eigenvalue weighted by Crippen LogP contribution is -2.39. The lowest BCUT2D eigenvalue weighted by Gasteiger charge is -2.18. The van der Waals surface area contributed by atoms with Gasteiger partial charge in [0.1, 0.15) is 0 Å². The van der Waals surface area contributed by atoms with Crippen LogP contribution < -0.4 is 10.6 Å². The molecule has 1 unspecified atom stereocenters. The van der Waals surface area contributed by atoms with Gasteiger partial charge < -0.3 is 19.9 Å². The first-order valence-electron chi connectivity index (χ1n) is 9.38. The van der Waals surface area contributed by atoms with Crippen molar-refractivity contribution in [3.05, 3.63) is 76.9 Å². The number of benzene rings is 2. The van der Waals surface area contributed by atoms with Crippen LogP contribution in [0.4, 0.5) is 0 Å². The average Bonchev–Trinajstić information content (AvgIpc) is 3.28. The Balaban J connectivity index is 1.59. The van der Waals surface area contributed by atoms with E-state index < -0.39 is 23.8 Å². The molecule has 2 N–H and O–H groups in total. The fourth-order valence-corrected chi connectivity index (χ4v) is 2.94. The summed E-state index contributed by atoms with van der Waals surface area (Å²) in [5.74, 6) is -1.09. The SMILES string of the molecule is COC(=O)CC(NC(=O)CNC(=O)c1cc(-c2ccccc2)on1)c1ccc(Cl)cc1. The van der Waals surface area contributed by atoms with Gasteiger partial charge in [-0.15, -0.1) is 0 Å². The monoisotopic (exact) mass is 441 g/mol. The maximum absolute atomic E-state index is 12.4. The van der Waals surface area contributed by atoms with E-state index in [4.69, 9.17) is 20.9 Å². The molecule has 0 saturated heterocycles.